The number of carbonyl (C=O) groups is 1. The Bertz CT molecular complexity index is 879. The Kier molecular flexibility index (Phi) is 7.68. The monoisotopic (exact) mass is 446 g/mol. The molecule has 7 heteroatoms. The molecule has 2 aromatic carbocycles. The van der Waals surface area contributed by atoms with Crippen LogP contribution in [0.4, 0.5) is 0 Å². The highest BCUT2D eigenvalue weighted by atomic mass is 35.5. The van der Waals surface area contributed by atoms with Gasteiger partial charge in [-0.15, -0.1) is 12.4 Å². The summed E-state index contributed by atoms with van der Waals surface area (Å²) in [6.45, 7) is 0.986. The van der Waals surface area contributed by atoms with Crippen LogP contribution >= 0.6 is 12.4 Å². The van der Waals surface area contributed by atoms with Crippen LogP contribution in [-0.2, 0) is 6.54 Å². The third kappa shape index (κ3) is 4.75. The maximum Gasteiger partial charge on any atom is 0.255 e. The Morgan fingerprint density at radius 3 is 2.16 bits per heavy atom. The number of ether oxygens (including phenoxy) is 3. The predicted octanol–water partition coefficient (Wildman–Crippen LogP) is 4.06. The molecule has 0 radical (unpaired) electrons. The number of carbonyl (C=O) groups excluding carboxylic acids is 1. The number of benzene rings is 2. The van der Waals surface area contributed by atoms with Gasteiger partial charge < -0.3 is 19.5 Å². The van der Waals surface area contributed by atoms with E-state index >= 15 is 0 Å². The number of piperidine rings is 1. The van der Waals surface area contributed by atoms with Crippen LogP contribution in [0.2, 0.25) is 0 Å². The van der Waals surface area contributed by atoms with E-state index in [0.29, 0.717) is 34.9 Å². The topological polar surface area (TPSA) is 60.0 Å². The molecule has 2 saturated heterocycles. The minimum absolute atomic E-state index is 0. The number of amides is 1. The van der Waals surface area contributed by atoms with Crippen LogP contribution in [0.5, 0.6) is 17.2 Å². The van der Waals surface area contributed by atoms with Crippen molar-refractivity contribution >= 4 is 18.3 Å². The second-order valence-electron chi connectivity index (χ2n) is 8.07. The van der Waals surface area contributed by atoms with Crippen molar-refractivity contribution in [3.05, 3.63) is 53.6 Å². The Labute approximate surface area is 190 Å². The van der Waals surface area contributed by atoms with Crippen LogP contribution in [0, 0.1) is 0 Å². The van der Waals surface area contributed by atoms with Crippen molar-refractivity contribution in [1.29, 1.82) is 0 Å². The van der Waals surface area contributed by atoms with Crippen LogP contribution in [-0.4, -0.2) is 50.3 Å². The Morgan fingerprint density at radius 1 is 0.935 bits per heavy atom. The largest absolute Gasteiger partial charge is 0.493 e. The van der Waals surface area contributed by atoms with E-state index in [1.807, 2.05) is 0 Å². The van der Waals surface area contributed by atoms with Crippen molar-refractivity contribution < 1.29 is 19.0 Å². The third-order valence-corrected chi connectivity index (χ3v) is 6.38. The Balaban J connectivity index is 0.00000272. The van der Waals surface area contributed by atoms with Crippen LogP contribution in [0.15, 0.2) is 42.5 Å². The summed E-state index contributed by atoms with van der Waals surface area (Å²) in [5.74, 6) is 1.25. The number of nitrogens with one attached hydrogen (secondary N) is 1. The summed E-state index contributed by atoms with van der Waals surface area (Å²) >= 11 is 0. The van der Waals surface area contributed by atoms with Crippen molar-refractivity contribution in [2.24, 2.45) is 0 Å². The van der Waals surface area contributed by atoms with E-state index in [9.17, 15) is 4.79 Å². The summed E-state index contributed by atoms with van der Waals surface area (Å²) in [5.41, 5.74) is 1.82. The van der Waals surface area contributed by atoms with E-state index < -0.39 is 0 Å². The summed E-state index contributed by atoms with van der Waals surface area (Å²) in [7, 11) is 4.65. The van der Waals surface area contributed by atoms with Crippen LogP contribution in [0.25, 0.3) is 0 Å². The summed E-state index contributed by atoms with van der Waals surface area (Å²) in [6, 6.07) is 15.3. The maximum absolute atomic E-state index is 13.1. The molecule has 1 N–H and O–H groups in total. The second-order valence-corrected chi connectivity index (χ2v) is 8.07. The first-order valence-electron chi connectivity index (χ1n) is 10.5. The summed E-state index contributed by atoms with van der Waals surface area (Å²) < 4.78 is 16.2. The van der Waals surface area contributed by atoms with Crippen molar-refractivity contribution in [2.45, 2.75) is 50.4 Å². The standard InChI is InChI=1S/C24H30N2O4.ClH/c1-28-21-12-11-20(22(29-2)23(21)30-3)24(27)25-17-13-18-9-10-19(14-17)26(18)15-16-7-5-4-6-8-16;/h4-8,11-12,17-19H,9-10,13-15H2,1-3H3,(H,25,27);1H. The van der Waals surface area contributed by atoms with Crippen molar-refractivity contribution in [3.8, 4) is 17.2 Å². The molecule has 0 aliphatic carbocycles. The Morgan fingerprint density at radius 2 is 1.58 bits per heavy atom. The fraction of sp³-hybridized carbons (Fsp3) is 0.458. The van der Waals surface area contributed by atoms with Crippen molar-refractivity contribution in [3.63, 3.8) is 0 Å². The van der Waals surface area contributed by atoms with Gasteiger partial charge in [0.2, 0.25) is 5.75 Å². The van der Waals surface area contributed by atoms with Gasteiger partial charge in [0, 0.05) is 24.7 Å². The molecule has 0 saturated carbocycles. The lowest BCUT2D eigenvalue weighted by atomic mass is 9.96. The molecule has 2 heterocycles. The molecule has 4 rings (SSSR count). The molecule has 2 aliphatic heterocycles. The van der Waals surface area contributed by atoms with Crippen molar-refractivity contribution in [2.75, 3.05) is 21.3 Å². The SMILES string of the molecule is COc1ccc(C(=O)NC2CC3CCC(C2)N3Cc2ccccc2)c(OC)c1OC.Cl. The molecule has 168 valence electrons. The van der Waals surface area contributed by atoms with Gasteiger partial charge in [-0.2, -0.15) is 0 Å². The van der Waals surface area contributed by atoms with Gasteiger partial charge in [-0.3, -0.25) is 9.69 Å². The van der Waals surface area contributed by atoms with Gasteiger partial charge in [-0.05, 0) is 43.4 Å². The molecule has 2 fully saturated rings. The van der Waals surface area contributed by atoms with Gasteiger partial charge in [0.15, 0.2) is 11.5 Å². The zero-order valence-electron chi connectivity index (χ0n) is 18.3. The van der Waals surface area contributed by atoms with Crippen LogP contribution in [0.1, 0.15) is 41.6 Å². The third-order valence-electron chi connectivity index (χ3n) is 6.38. The van der Waals surface area contributed by atoms with Crippen LogP contribution < -0.4 is 19.5 Å². The first-order valence-corrected chi connectivity index (χ1v) is 10.5. The molecule has 6 nitrogen and oxygen atoms in total. The molecule has 2 bridgehead atoms. The lowest BCUT2D eigenvalue weighted by Crippen LogP contribution is -2.50. The van der Waals surface area contributed by atoms with E-state index in [1.165, 1.54) is 25.5 Å². The Hall–Kier alpha value is -2.44. The smallest absolute Gasteiger partial charge is 0.255 e. The molecule has 2 aliphatic rings. The molecule has 0 spiro atoms. The number of hydrogen-bond donors (Lipinski definition) is 1. The molecule has 2 aromatic rings. The number of halogens is 1. The van der Waals surface area contributed by atoms with Gasteiger partial charge in [-0.1, -0.05) is 30.3 Å². The first kappa shape index (κ1) is 23.2. The summed E-state index contributed by atoms with van der Waals surface area (Å²) in [6.07, 6.45) is 4.35. The van der Waals surface area contributed by atoms with E-state index in [0.717, 1.165) is 19.4 Å². The van der Waals surface area contributed by atoms with E-state index in [4.69, 9.17) is 14.2 Å². The average Bonchev–Trinajstić information content (AvgIpc) is 3.00. The quantitative estimate of drug-likeness (QED) is 0.695. The van der Waals surface area contributed by atoms with E-state index in [2.05, 4.69) is 40.5 Å². The normalized spacial score (nSPS) is 22.4. The fourth-order valence-corrected chi connectivity index (χ4v) is 4.99. The molecule has 2 atom stereocenters. The molecule has 2 unspecified atom stereocenters. The number of hydrogen-bond acceptors (Lipinski definition) is 5. The van der Waals surface area contributed by atoms with Crippen LogP contribution in [0.3, 0.4) is 0 Å². The van der Waals surface area contributed by atoms with Gasteiger partial charge in [-0.25, -0.2) is 0 Å². The number of nitrogens with zero attached hydrogens (tertiary/aromatic N) is 1. The van der Waals surface area contributed by atoms with Gasteiger partial charge in [0.1, 0.15) is 0 Å². The maximum atomic E-state index is 13.1. The molecule has 31 heavy (non-hydrogen) atoms. The average molecular weight is 447 g/mol. The minimum atomic E-state index is -0.131. The zero-order chi connectivity index (χ0) is 21.1. The lowest BCUT2D eigenvalue weighted by Gasteiger charge is -2.39. The van der Waals surface area contributed by atoms with Gasteiger partial charge in [0.25, 0.3) is 5.91 Å². The summed E-state index contributed by atoms with van der Waals surface area (Å²) in [4.78, 5) is 15.7. The fourth-order valence-electron chi connectivity index (χ4n) is 4.99. The highest BCUT2D eigenvalue weighted by Crippen LogP contribution is 2.40. The van der Waals surface area contributed by atoms with Gasteiger partial charge >= 0.3 is 0 Å². The number of fused-ring (bicyclic) bond motifs is 2. The molecular weight excluding hydrogens is 416 g/mol. The van der Waals surface area contributed by atoms with Crippen molar-refractivity contribution in [1.82, 2.24) is 10.2 Å². The molecular formula is C24H31ClN2O4. The summed E-state index contributed by atoms with van der Waals surface area (Å²) in [5, 5.41) is 3.24. The lowest BCUT2D eigenvalue weighted by molar-refractivity contribution is 0.0825. The zero-order valence-corrected chi connectivity index (χ0v) is 19.1. The second kappa shape index (κ2) is 10.2. The number of rotatable bonds is 7. The first-order chi connectivity index (χ1) is 14.6. The number of methoxy groups -OCH3 is 3. The van der Waals surface area contributed by atoms with Gasteiger partial charge in [0.05, 0.1) is 26.9 Å². The molecule has 1 amide bonds. The molecule has 0 aromatic heterocycles. The predicted molar refractivity (Wildman–Crippen MR) is 123 cm³/mol. The highest BCUT2D eigenvalue weighted by molar-refractivity contribution is 5.98. The highest BCUT2D eigenvalue weighted by Gasteiger charge is 2.41. The minimum Gasteiger partial charge on any atom is -0.493 e. The van der Waals surface area contributed by atoms with E-state index in [-0.39, 0.29) is 24.4 Å². The van der Waals surface area contributed by atoms with E-state index in [1.54, 1.807) is 26.4 Å².